The highest BCUT2D eigenvalue weighted by Gasteiger charge is 2.17. The molecular formula is C14H20N4O. The zero-order chi connectivity index (χ0) is 13.5. The molecule has 0 bridgehead atoms. The quantitative estimate of drug-likeness (QED) is 0.624. The fourth-order valence-corrected chi connectivity index (χ4v) is 2.05. The first-order valence-electron chi connectivity index (χ1n) is 6.72. The van der Waals surface area contributed by atoms with Crippen LogP contribution in [0.1, 0.15) is 25.0 Å². The minimum atomic E-state index is 0.143. The fraction of sp³-hybridized carbons (Fsp3) is 0.500. The zero-order valence-electron chi connectivity index (χ0n) is 11.2. The van der Waals surface area contributed by atoms with E-state index in [9.17, 15) is 4.79 Å². The molecule has 0 radical (unpaired) electrons. The van der Waals surface area contributed by atoms with Gasteiger partial charge in [-0.1, -0.05) is 12.2 Å². The lowest BCUT2D eigenvalue weighted by atomic mass is 9.94. The SMILES string of the molecule is Cc1ccc(NCCNC(=O)C2CC=CCC2)nn1. The first kappa shape index (κ1) is 13.5. The van der Waals surface area contributed by atoms with Gasteiger partial charge in [-0.25, -0.2) is 0 Å². The van der Waals surface area contributed by atoms with Crippen LogP contribution in [0.15, 0.2) is 24.3 Å². The molecule has 1 aliphatic carbocycles. The molecule has 0 spiro atoms. The Morgan fingerprint density at radius 1 is 1.32 bits per heavy atom. The largest absolute Gasteiger partial charge is 0.367 e. The fourth-order valence-electron chi connectivity index (χ4n) is 2.05. The minimum Gasteiger partial charge on any atom is -0.367 e. The maximum atomic E-state index is 11.9. The molecular weight excluding hydrogens is 240 g/mol. The topological polar surface area (TPSA) is 66.9 Å². The van der Waals surface area contributed by atoms with Crippen LogP contribution >= 0.6 is 0 Å². The minimum absolute atomic E-state index is 0.143. The summed E-state index contributed by atoms with van der Waals surface area (Å²) in [5.74, 6) is 1.03. The first-order chi connectivity index (χ1) is 9.25. The summed E-state index contributed by atoms with van der Waals surface area (Å²) >= 11 is 0. The molecule has 19 heavy (non-hydrogen) atoms. The Balaban J connectivity index is 1.65. The second-order valence-corrected chi connectivity index (χ2v) is 4.76. The van der Waals surface area contributed by atoms with Crippen LogP contribution in [0.4, 0.5) is 5.82 Å². The monoisotopic (exact) mass is 260 g/mol. The van der Waals surface area contributed by atoms with Crippen molar-refractivity contribution in [1.82, 2.24) is 15.5 Å². The summed E-state index contributed by atoms with van der Waals surface area (Å²) < 4.78 is 0. The van der Waals surface area contributed by atoms with Crippen molar-refractivity contribution in [2.24, 2.45) is 5.92 Å². The summed E-state index contributed by atoms with van der Waals surface area (Å²) in [5.41, 5.74) is 0.893. The number of carbonyl (C=O) groups excluding carboxylic acids is 1. The number of aryl methyl sites for hydroxylation is 1. The van der Waals surface area contributed by atoms with Gasteiger partial charge < -0.3 is 10.6 Å². The van der Waals surface area contributed by atoms with E-state index in [1.807, 2.05) is 19.1 Å². The molecule has 1 heterocycles. The summed E-state index contributed by atoms with van der Waals surface area (Å²) in [5, 5.41) is 14.0. The smallest absolute Gasteiger partial charge is 0.223 e. The van der Waals surface area contributed by atoms with Crippen molar-refractivity contribution in [3.05, 3.63) is 30.0 Å². The molecule has 0 saturated carbocycles. The highest BCUT2D eigenvalue weighted by Crippen LogP contribution is 2.17. The Kier molecular flexibility index (Phi) is 4.89. The van der Waals surface area contributed by atoms with E-state index in [0.717, 1.165) is 30.8 Å². The molecule has 1 aromatic rings. The highest BCUT2D eigenvalue weighted by atomic mass is 16.1. The summed E-state index contributed by atoms with van der Waals surface area (Å²) in [4.78, 5) is 11.9. The maximum Gasteiger partial charge on any atom is 0.223 e. The Morgan fingerprint density at radius 2 is 2.21 bits per heavy atom. The molecule has 0 fully saturated rings. The van der Waals surface area contributed by atoms with Crippen LogP contribution < -0.4 is 10.6 Å². The number of hydrogen-bond donors (Lipinski definition) is 2. The number of amides is 1. The molecule has 1 aliphatic rings. The van der Waals surface area contributed by atoms with Crippen LogP contribution in [-0.2, 0) is 4.79 Å². The van der Waals surface area contributed by atoms with E-state index in [4.69, 9.17) is 0 Å². The van der Waals surface area contributed by atoms with Crippen LogP contribution in [-0.4, -0.2) is 29.2 Å². The lowest BCUT2D eigenvalue weighted by Gasteiger charge is -2.17. The van der Waals surface area contributed by atoms with Gasteiger partial charge in [0.2, 0.25) is 5.91 Å². The van der Waals surface area contributed by atoms with Crippen molar-refractivity contribution in [3.8, 4) is 0 Å². The van der Waals surface area contributed by atoms with Gasteiger partial charge >= 0.3 is 0 Å². The number of hydrogen-bond acceptors (Lipinski definition) is 4. The molecule has 102 valence electrons. The molecule has 1 amide bonds. The lowest BCUT2D eigenvalue weighted by molar-refractivity contribution is -0.125. The van der Waals surface area contributed by atoms with Gasteiger partial charge in [-0.15, -0.1) is 5.10 Å². The van der Waals surface area contributed by atoms with Gasteiger partial charge in [-0.3, -0.25) is 4.79 Å². The van der Waals surface area contributed by atoms with E-state index < -0.39 is 0 Å². The molecule has 5 nitrogen and oxygen atoms in total. The van der Waals surface area contributed by atoms with E-state index in [0.29, 0.717) is 13.1 Å². The van der Waals surface area contributed by atoms with Crippen LogP contribution in [0.25, 0.3) is 0 Å². The van der Waals surface area contributed by atoms with Gasteiger partial charge in [0.25, 0.3) is 0 Å². The number of allylic oxidation sites excluding steroid dienone is 2. The summed E-state index contributed by atoms with van der Waals surface area (Å²) in [6.45, 7) is 3.16. The van der Waals surface area contributed by atoms with Crippen LogP contribution in [0.2, 0.25) is 0 Å². The Bertz CT molecular complexity index is 441. The van der Waals surface area contributed by atoms with Gasteiger partial charge in [0.05, 0.1) is 5.69 Å². The van der Waals surface area contributed by atoms with Crippen molar-refractivity contribution < 1.29 is 4.79 Å². The summed E-state index contributed by atoms with van der Waals surface area (Å²) in [6, 6.07) is 3.79. The van der Waals surface area contributed by atoms with E-state index in [2.05, 4.69) is 33.0 Å². The average Bonchev–Trinajstić information content (AvgIpc) is 2.46. The molecule has 0 aliphatic heterocycles. The number of nitrogens with one attached hydrogen (secondary N) is 2. The highest BCUT2D eigenvalue weighted by molar-refractivity contribution is 5.78. The molecule has 5 heteroatoms. The molecule has 1 aromatic heterocycles. The predicted molar refractivity (Wildman–Crippen MR) is 74.7 cm³/mol. The molecule has 1 atom stereocenters. The van der Waals surface area contributed by atoms with Gasteiger partial charge in [0.1, 0.15) is 5.82 Å². The lowest BCUT2D eigenvalue weighted by Crippen LogP contribution is -2.34. The van der Waals surface area contributed by atoms with Crippen LogP contribution in [0, 0.1) is 12.8 Å². The van der Waals surface area contributed by atoms with E-state index >= 15 is 0 Å². The third-order valence-corrected chi connectivity index (χ3v) is 3.17. The van der Waals surface area contributed by atoms with E-state index in [1.165, 1.54) is 0 Å². The summed E-state index contributed by atoms with van der Waals surface area (Å²) in [6.07, 6.45) is 7.06. The third-order valence-electron chi connectivity index (χ3n) is 3.17. The zero-order valence-corrected chi connectivity index (χ0v) is 11.2. The molecule has 0 saturated heterocycles. The second kappa shape index (κ2) is 6.87. The second-order valence-electron chi connectivity index (χ2n) is 4.76. The maximum absolute atomic E-state index is 11.9. The van der Waals surface area contributed by atoms with Crippen molar-refractivity contribution in [1.29, 1.82) is 0 Å². The standard InChI is InChI=1S/C14H20N4O/c1-11-7-8-13(18-17-11)15-9-10-16-14(19)12-5-3-2-4-6-12/h2-3,7-8,12H,4-6,9-10H2,1H3,(H,15,18)(H,16,19). The van der Waals surface area contributed by atoms with Crippen molar-refractivity contribution in [3.63, 3.8) is 0 Å². The average molecular weight is 260 g/mol. The van der Waals surface area contributed by atoms with Crippen molar-refractivity contribution in [2.75, 3.05) is 18.4 Å². The first-order valence-corrected chi connectivity index (χ1v) is 6.72. The van der Waals surface area contributed by atoms with Gasteiger partial charge in [-0.05, 0) is 38.3 Å². The number of rotatable bonds is 5. The van der Waals surface area contributed by atoms with Crippen LogP contribution in [0.3, 0.4) is 0 Å². The van der Waals surface area contributed by atoms with Crippen LogP contribution in [0.5, 0.6) is 0 Å². The Morgan fingerprint density at radius 3 is 2.89 bits per heavy atom. The van der Waals surface area contributed by atoms with Gasteiger partial charge in [0, 0.05) is 19.0 Å². The van der Waals surface area contributed by atoms with Gasteiger partial charge in [0.15, 0.2) is 0 Å². The Labute approximate surface area is 113 Å². The third kappa shape index (κ3) is 4.35. The summed E-state index contributed by atoms with van der Waals surface area (Å²) in [7, 11) is 0. The predicted octanol–water partition coefficient (Wildman–Crippen LogP) is 1.67. The van der Waals surface area contributed by atoms with Crippen molar-refractivity contribution >= 4 is 11.7 Å². The van der Waals surface area contributed by atoms with Crippen molar-refractivity contribution in [2.45, 2.75) is 26.2 Å². The van der Waals surface area contributed by atoms with Gasteiger partial charge in [-0.2, -0.15) is 5.10 Å². The number of nitrogens with zero attached hydrogens (tertiary/aromatic N) is 2. The molecule has 2 rings (SSSR count). The molecule has 1 unspecified atom stereocenters. The number of aromatic nitrogens is 2. The van der Waals surface area contributed by atoms with E-state index in [1.54, 1.807) is 0 Å². The Hall–Kier alpha value is -1.91. The normalized spacial score (nSPS) is 18.1. The van der Waals surface area contributed by atoms with E-state index in [-0.39, 0.29) is 11.8 Å². The number of carbonyl (C=O) groups is 1. The molecule has 2 N–H and O–H groups in total. The molecule has 0 aromatic carbocycles. The number of anilines is 1.